The largest absolute Gasteiger partial charge is 0.461 e. The van der Waals surface area contributed by atoms with E-state index in [9.17, 15) is 14.0 Å². The minimum Gasteiger partial charge on any atom is -0.461 e. The van der Waals surface area contributed by atoms with Gasteiger partial charge in [0, 0.05) is 6.42 Å². The van der Waals surface area contributed by atoms with Crippen molar-refractivity contribution in [1.29, 1.82) is 0 Å². The summed E-state index contributed by atoms with van der Waals surface area (Å²) in [5, 5.41) is -1.08. The molecule has 0 radical (unpaired) electrons. The fourth-order valence-corrected chi connectivity index (χ4v) is 1.28. The lowest BCUT2D eigenvalue weighted by atomic mass is 10.2. The van der Waals surface area contributed by atoms with E-state index in [2.05, 4.69) is 0 Å². The first-order valence-corrected chi connectivity index (χ1v) is 5.50. The maximum Gasteiger partial charge on any atom is 0.306 e. The highest BCUT2D eigenvalue weighted by Gasteiger charge is 2.16. The molecular weight excluding hydrogens is 247 g/mol. The second kappa shape index (κ2) is 7.01. The van der Waals surface area contributed by atoms with Gasteiger partial charge in [-0.2, -0.15) is 0 Å². The van der Waals surface area contributed by atoms with E-state index >= 15 is 0 Å². The monoisotopic (exact) mass is 258 g/mol. The van der Waals surface area contributed by atoms with E-state index in [4.69, 9.17) is 16.3 Å². The third-order valence-electron chi connectivity index (χ3n) is 2.09. The molecule has 3 nitrogen and oxygen atoms in total. The van der Waals surface area contributed by atoms with Gasteiger partial charge >= 0.3 is 5.97 Å². The van der Waals surface area contributed by atoms with Gasteiger partial charge in [0.05, 0.1) is 0 Å². The molecule has 0 aromatic heterocycles. The number of carbonyl (C=O) groups is 2. The van der Waals surface area contributed by atoms with Crippen LogP contribution in [0.15, 0.2) is 30.3 Å². The molecule has 0 aliphatic rings. The minimum absolute atomic E-state index is 0.144. The number of hydrogen-bond acceptors (Lipinski definition) is 3. The molecule has 0 saturated carbocycles. The summed E-state index contributed by atoms with van der Waals surface area (Å²) < 4.78 is 17.7. The number of ether oxygens (including phenoxy) is 1. The van der Waals surface area contributed by atoms with Crippen LogP contribution >= 0.6 is 11.6 Å². The van der Waals surface area contributed by atoms with E-state index in [0.717, 1.165) is 5.56 Å². The molecule has 5 heteroatoms. The van der Waals surface area contributed by atoms with Crippen molar-refractivity contribution < 1.29 is 18.7 Å². The van der Waals surface area contributed by atoms with Gasteiger partial charge in [0.25, 0.3) is 5.24 Å². The summed E-state index contributed by atoms with van der Waals surface area (Å²) in [6.07, 6.45) is -2.21. The van der Waals surface area contributed by atoms with Crippen LogP contribution in [0.5, 0.6) is 0 Å². The molecule has 1 aromatic rings. The van der Waals surface area contributed by atoms with Gasteiger partial charge in [-0.05, 0) is 23.6 Å². The Labute approximate surface area is 104 Å². The standard InChI is InChI=1S/C12H12ClFO3/c13-12(16)10(14)6-7-11(15)17-8-9-4-2-1-3-5-9/h1-5,10H,6-8H2/t10-/m1/s1. The first kappa shape index (κ1) is 13.6. The van der Waals surface area contributed by atoms with E-state index in [1.165, 1.54) is 0 Å². The topological polar surface area (TPSA) is 43.4 Å². The second-order valence-corrected chi connectivity index (χ2v) is 3.83. The van der Waals surface area contributed by atoms with Crippen LogP contribution in [0.2, 0.25) is 0 Å². The van der Waals surface area contributed by atoms with E-state index in [0.29, 0.717) is 0 Å². The van der Waals surface area contributed by atoms with Gasteiger partial charge < -0.3 is 4.74 Å². The summed E-state index contributed by atoms with van der Waals surface area (Å²) in [5.41, 5.74) is 0.853. The highest BCUT2D eigenvalue weighted by Crippen LogP contribution is 2.08. The van der Waals surface area contributed by atoms with Gasteiger partial charge in [-0.1, -0.05) is 30.3 Å². The number of benzene rings is 1. The van der Waals surface area contributed by atoms with Crippen molar-refractivity contribution in [3.63, 3.8) is 0 Å². The zero-order chi connectivity index (χ0) is 12.7. The maximum atomic E-state index is 12.8. The van der Waals surface area contributed by atoms with Crippen LogP contribution in [0.1, 0.15) is 18.4 Å². The van der Waals surface area contributed by atoms with Gasteiger partial charge in [-0.3, -0.25) is 9.59 Å². The molecule has 1 rings (SSSR count). The van der Waals surface area contributed by atoms with Crippen LogP contribution in [0, 0.1) is 0 Å². The quantitative estimate of drug-likeness (QED) is 0.582. The summed E-state index contributed by atoms with van der Waals surface area (Å²) in [7, 11) is 0. The van der Waals surface area contributed by atoms with Crippen molar-refractivity contribution >= 4 is 22.8 Å². The summed E-state index contributed by atoms with van der Waals surface area (Å²) in [6, 6.07) is 9.13. The van der Waals surface area contributed by atoms with Crippen LogP contribution in [0.3, 0.4) is 0 Å². The van der Waals surface area contributed by atoms with Crippen LogP contribution < -0.4 is 0 Å². The van der Waals surface area contributed by atoms with Crippen LogP contribution in [0.4, 0.5) is 4.39 Å². The Kier molecular flexibility index (Phi) is 5.63. The molecule has 0 aliphatic carbocycles. The zero-order valence-corrected chi connectivity index (χ0v) is 9.82. The smallest absolute Gasteiger partial charge is 0.306 e. The van der Waals surface area contributed by atoms with Crippen molar-refractivity contribution in [3.05, 3.63) is 35.9 Å². The first-order valence-electron chi connectivity index (χ1n) is 5.12. The van der Waals surface area contributed by atoms with Gasteiger partial charge in [0.2, 0.25) is 0 Å². The Morgan fingerprint density at radius 3 is 2.53 bits per heavy atom. The molecule has 92 valence electrons. The van der Waals surface area contributed by atoms with Gasteiger partial charge in [0.1, 0.15) is 6.61 Å². The molecule has 0 N–H and O–H groups in total. The number of hydrogen-bond donors (Lipinski definition) is 0. The highest BCUT2D eigenvalue weighted by molar-refractivity contribution is 6.64. The van der Waals surface area contributed by atoms with Crippen molar-refractivity contribution in [1.82, 2.24) is 0 Å². The van der Waals surface area contributed by atoms with Crippen LogP contribution in [-0.2, 0) is 20.9 Å². The fraction of sp³-hybridized carbons (Fsp3) is 0.333. The normalized spacial score (nSPS) is 11.9. The lowest BCUT2D eigenvalue weighted by molar-refractivity contribution is -0.145. The van der Waals surface area contributed by atoms with Gasteiger partial charge in [-0.15, -0.1) is 0 Å². The molecule has 1 aromatic carbocycles. The molecule has 1 atom stereocenters. The van der Waals surface area contributed by atoms with Crippen molar-refractivity contribution in [2.75, 3.05) is 0 Å². The average Bonchev–Trinajstić information content (AvgIpc) is 2.34. The van der Waals surface area contributed by atoms with Gasteiger partial charge in [0.15, 0.2) is 6.17 Å². The Morgan fingerprint density at radius 2 is 1.94 bits per heavy atom. The minimum atomic E-state index is -1.80. The van der Waals surface area contributed by atoms with Crippen molar-refractivity contribution in [3.8, 4) is 0 Å². The first-order chi connectivity index (χ1) is 8.09. The number of carbonyl (C=O) groups excluding carboxylic acids is 2. The van der Waals surface area contributed by atoms with Crippen LogP contribution in [-0.4, -0.2) is 17.4 Å². The summed E-state index contributed by atoms with van der Waals surface area (Å²) in [6.45, 7) is 0.144. The molecule has 0 spiro atoms. The summed E-state index contributed by atoms with van der Waals surface area (Å²) in [4.78, 5) is 21.6. The zero-order valence-electron chi connectivity index (χ0n) is 9.07. The SMILES string of the molecule is O=C(CC[C@@H](F)C(=O)Cl)OCc1ccccc1. The molecular formula is C12H12ClFO3. The lowest BCUT2D eigenvalue weighted by Crippen LogP contribution is -2.13. The Bertz CT molecular complexity index is 381. The maximum absolute atomic E-state index is 12.8. The second-order valence-electron chi connectivity index (χ2n) is 3.46. The predicted octanol–water partition coefficient (Wildman–Crippen LogP) is 2.61. The van der Waals surface area contributed by atoms with Crippen LogP contribution in [0.25, 0.3) is 0 Å². The van der Waals surface area contributed by atoms with Gasteiger partial charge in [-0.25, -0.2) is 4.39 Å². The Morgan fingerprint density at radius 1 is 1.29 bits per heavy atom. The summed E-state index contributed by atoms with van der Waals surface area (Å²) in [5.74, 6) is -0.547. The molecule has 0 heterocycles. The molecule has 0 saturated heterocycles. The number of alkyl halides is 1. The van der Waals surface area contributed by atoms with E-state index in [1.807, 2.05) is 30.3 Å². The Hall–Kier alpha value is -1.42. The molecule has 0 aliphatic heterocycles. The molecule has 0 fully saturated rings. The van der Waals surface area contributed by atoms with Crippen molar-refractivity contribution in [2.24, 2.45) is 0 Å². The fourth-order valence-electron chi connectivity index (χ4n) is 1.17. The van der Waals surface area contributed by atoms with E-state index in [-0.39, 0.29) is 19.4 Å². The lowest BCUT2D eigenvalue weighted by Gasteiger charge is -2.05. The average molecular weight is 259 g/mol. The third-order valence-corrected chi connectivity index (χ3v) is 2.33. The number of rotatable bonds is 6. The molecule has 0 amide bonds. The highest BCUT2D eigenvalue weighted by atomic mass is 35.5. The van der Waals surface area contributed by atoms with E-state index < -0.39 is 17.4 Å². The molecule has 0 unspecified atom stereocenters. The number of halogens is 2. The molecule has 0 bridgehead atoms. The number of esters is 1. The van der Waals surface area contributed by atoms with Crippen molar-refractivity contribution in [2.45, 2.75) is 25.6 Å². The summed E-state index contributed by atoms with van der Waals surface area (Å²) >= 11 is 4.92. The molecule has 17 heavy (non-hydrogen) atoms. The third kappa shape index (κ3) is 5.45. The Balaban J connectivity index is 2.24. The predicted molar refractivity (Wildman–Crippen MR) is 61.2 cm³/mol. The van der Waals surface area contributed by atoms with E-state index in [1.54, 1.807) is 0 Å².